The topological polar surface area (TPSA) is 44.8 Å². The Bertz CT molecular complexity index is 677. The van der Waals surface area contributed by atoms with E-state index in [2.05, 4.69) is 32.9 Å². The van der Waals surface area contributed by atoms with Crippen molar-refractivity contribution >= 4 is 5.97 Å². The fourth-order valence-corrected chi connectivity index (χ4v) is 2.42. The molecule has 0 aromatic heterocycles. The second-order valence-corrected chi connectivity index (χ2v) is 6.82. The third kappa shape index (κ3) is 5.88. The van der Waals surface area contributed by atoms with Crippen LogP contribution in [0.25, 0.3) is 0 Å². The molecule has 0 fully saturated rings. The Balaban J connectivity index is 1.72. The Morgan fingerprint density at radius 1 is 1.00 bits per heavy atom. The SMILES string of the molecule is CCC(C)(C)c1ccc(OC(C)OCCOC(=O)c2ccccc2)cc1. The lowest BCUT2D eigenvalue weighted by molar-refractivity contribution is -0.0784. The zero-order valence-corrected chi connectivity index (χ0v) is 16.0. The Morgan fingerprint density at radius 2 is 1.65 bits per heavy atom. The van der Waals surface area contributed by atoms with E-state index < -0.39 is 6.29 Å². The quantitative estimate of drug-likeness (QED) is 0.361. The molecule has 0 N–H and O–H groups in total. The normalized spacial score (nSPS) is 12.5. The van der Waals surface area contributed by atoms with Gasteiger partial charge in [0.1, 0.15) is 12.4 Å². The van der Waals surface area contributed by atoms with Crippen molar-refractivity contribution in [3.63, 3.8) is 0 Å². The van der Waals surface area contributed by atoms with E-state index in [1.165, 1.54) is 5.56 Å². The number of carbonyl (C=O) groups excluding carboxylic acids is 1. The molecule has 2 aromatic rings. The first-order valence-electron chi connectivity index (χ1n) is 9.03. The van der Waals surface area contributed by atoms with Crippen molar-refractivity contribution in [3.05, 3.63) is 65.7 Å². The molecule has 2 aromatic carbocycles. The number of hydrogen-bond donors (Lipinski definition) is 0. The van der Waals surface area contributed by atoms with Crippen LogP contribution in [0.1, 0.15) is 50.0 Å². The Hall–Kier alpha value is -2.33. The van der Waals surface area contributed by atoms with E-state index in [1.54, 1.807) is 24.3 Å². The van der Waals surface area contributed by atoms with E-state index in [4.69, 9.17) is 14.2 Å². The second kappa shape index (κ2) is 9.39. The molecule has 1 atom stereocenters. The second-order valence-electron chi connectivity index (χ2n) is 6.82. The largest absolute Gasteiger partial charge is 0.465 e. The first-order valence-corrected chi connectivity index (χ1v) is 9.03. The van der Waals surface area contributed by atoms with Gasteiger partial charge in [-0.25, -0.2) is 4.79 Å². The first-order chi connectivity index (χ1) is 12.4. The van der Waals surface area contributed by atoms with E-state index >= 15 is 0 Å². The molecule has 0 heterocycles. The van der Waals surface area contributed by atoms with Crippen LogP contribution in [0, 0.1) is 0 Å². The molecule has 0 bridgehead atoms. The predicted molar refractivity (Wildman–Crippen MR) is 103 cm³/mol. The average Bonchev–Trinajstić information content (AvgIpc) is 2.66. The molecule has 2 rings (SSSR count). The van der Waals surface area contributed by atoms with Crippen molar-refractivity contribution < 1.29 is 19.0 Å². The van der Waals surface area contributed by atoms with Crippen LogP contribution in [0.2, 0.25) is 0 Å². The lowest BCUT2D eigenvalue weighted by atomic mass is 9.82. The summed E-state index contributed by atoms with van der Waals surface area (Å²) in [5.74, 6) is 0.409. The highest BCUT2D eigenvalue weighted by Gasteiger charge is 2.17. The number of benzene rings is 2. The van der Waals surface area contributed by atoms with Crippen LogP contribution in [0.4, 0.5) is 0 Å². The van der Waals surface area contributed by atoms with Crippen LogP contribution in [-0.2, 0) is 14.9 Å². The Kier molecular flexibility index (Phi) is 7.22. The van der Waals surface area contributed by atoms with Gasteiger partial charge in [-0.15, -0.1) is 0 Å². The van der Waals surface area contributed by atoms with Crippen LogP contribution in [0.15, 0.2) is 54.6 Å². The monoisotopic (exact) mass is 356 g/mol. The fourth-order valence-electron chi connectivity index (χ4n) is 2.42. The van der Waals surface area contributed by atoms with E-state index in [9.17, 15) is 4.79 Å². The van der Waals surface area contributed by atoms with Gasteiger partial charge in [-0.3, -0.25) is 0 Å². The third-order valence-corrected chi connectivity index (χ3v) is 4.50. The van der Waals surface area contributed by atoms with Gasteiger partial charge in [-0.1, -0.05) is 51.1 Å². The van der Waals surface area contributed by atoms with Crippen LogP contribution < -0.4 is 4.74 Å². The fraction of sp³-hybridized carbons (Fsp3) is 0.409. The number of hydrogen-bond acceptors (Lipinski definition) is 4. The maximum absolute atomic E-state index is 11.8. The van der Waals surface area contributed by atoms with Crippen LogP contribution in [-0.4, -0.2) is 25.5 Å². The zero-order valence-electron chi connectivity index (χ0n) is 16.0. The highest BCUT2D eigenvalue weighted by molar-refractivity contribution is 5.89. The van der Waals surface area contributed by atoms with Crippen LogP contribution in [0.5, 0.6) is 5.75 Å². The number of ether oxygens (including phenoxy) is 3. The van der Waals surface area contributed by atoms with E-state index in [0.717, 1.165) is 12.2 Å². The molecule has 0 aliphatic heterocycles. The summed E-state index contributed by atoms with van der Waals surface area (Å²) >= 11 is 0. The van der Waals surface area contributed by atoms with Gasteiger partial charge >= 0.3 is 5.97 Å². The summed E-state index contributed by atoms with van der Waals surface area (Å²) in [5.41, 5.74) is 1.98. The van der Waals surface area contributed by atoms with E-state index in [-0.39, 0.29) is 24.6 Å². The lowest BCUT2D eigenvalue weighted by Gasteiger charge is -2.23. The zero-order chi connectivity index (χ0) is 19.0. The molecule has 26 heavy (non-hydrogen) atoms. The standard InChI is InChI=1S/C22H28O4/c1-5-22(3,4)19-11-13-20(14-12-19)26-17(2)24-15-16-25-21(23)18-9-7-6-8-10-18/h6-14,17H,5,15-16H2,1-4H3. The van der Waals surface area contributed by atoms with Gasteiger partial charge in [0.05, 0.1) is 12.2 Å². The van der Waals surface area contributed by atoms with Crippen LogP contribution in [0.3, 0.4) is 0 Å². The summed E-state index contributed by atoms with van der Waals surface area (Å²) in [6.45, 7) is 8.93. The molecule has 0 saturated carbocycles. The minimum absolute atomic E-state index is 0.156. The molecule has 0 spiro atoms. The van der Waals surface area contributed by atoms with Gasteiger partial charge in [-0.05, 0) is 48.6 Å². The molecule has 0 radical (unpaired) electrons. The number of esters is 1. The number of carbonyl (C=O) groups is 1. The summed E-state index contributed by atoms with van der Waals surface area (Å²) in [7, 11) is 0. The summed E-state index contributed by atoms with van der Waals surface area (Å²) < 4.78 is 16.5. The molecule has 4 nitrogen and oxygen atoms in total. The summed E-state index contributed by atoms with van der Waals surface area (Å²) in [4.78, 5) is 11.8. The molecule has 0 amide bonds. The smallest absolute Gasteiger partial charge is 0.338 e. The lowest BCUT2D eigenvalue weighted by Crippen LogP contribution is -2.20. The summed E-state index contributed by atoms with van der Waals surface area (Å²) in [6, 6.07) is 17.0. The summed E-state index contributed by atoms with van der Waals surface area (Å²) in [5, 5.41) is 0. The van der Waals surface area contributed by atoms with Crippen molar-refractivity contribution in [2.75, 3.05) is 13.2 Å². The molecule has 0 aliphatic rings. The Morgan fingerprint density at radius 3 is 2.27 bits per heavy atom. The van der Waals surface area contributed by atoms with Crippen molar-refractivity contribution in [2.45, 2.75) is 45.8 Å². The molecule has 0 aliphatic carbocycles. The van der Waals surface area contributed by atoms with Crippen molar-refractivity contribution in [1.29, 1.82) is 0 Å². The third-order valence-electron chi connectivity index (χ3n) is 4.50. The minimum atomic E-state index is -0.421. The summed E-state index contributed by atoms with van der Waals surface area (Å²) in [6.07, 6.45) is 0.657. The Labute approximate surface area is 156 Å². The van der Waals surface area contributed by atoms with Gasteiger partial charge in [0.2, 0.25) is 0 Å². The molecule has 4 heteroatoms. The van der Waals surface area contributed by atoms with Crippen molar-refractivity contribution in [3.8, 4) is 5.75 Å². The van der Waals surface area contributed by atoms with E-state index in [0.29, 0.717) is 5.56 Å². The van der Waals surface area contributed by atoms with Gasteiger partial charge in [0, 0.05) is 0 Å². The van der Waals surface area contributed by atoms with Gasteiger partial charge < -0.3 is 14.2 Å². The van der Waals surface area contributed by atoms with Gasteiger partial charge in [0.15, 0.2) is 6.29 Å². The molecular formula is C22H28O4. The first kappa shape index (κ1) is 20.0. The molecular weight excluding hydrogens is 328 g/mol. The molecule has 1 unspecified atom stereocenters. The maximum atomic E-state index is 11.8. The predicted octanol–water partition coefficient (Wildman–Crippen LogP) is 4.97. The molecule has 0 saturated heterocycles. The van der Waals surface area contributed by atoms with Gasteiger partial charge in [-0.2, -0.15) is 0 Å². The van der Waals surface area contributed by atoms with Crippen molar-refractivity contribution in [2.24, 2.45) is 0 Å². The van der Waals surface area contributed by atoms with Gasteiger partial charge in [0.25, 0.3) is 0 Å². The van der Waals surface area contributed by atoms with Crippen LogP contribution >= 0.6 is 0 Å². The van der Waals surface area contributed by atoms with Crippen molar-refractivity contribution in [1.82, 2.24) is 0 Å². The molecule has 140 valence electrons. The number of rotatable bonds is 9. The van der Waals surface area contributed by atoms with E-state index in [1.807, 2.05) is 25.1 Å². The highest BCUT2D eigenvalue weighted by Crippen LogP contribution is 2.28. The average molecular weight is 356 g/mol. The maximum Gasteiger partial charge on any atom is 0.338 e. The highest BCUT2D eigenvalue weighted by atomic mass is 16.7. The minimum Gasteiger partial charge on any atom is -0.465 e.